The molecular weight excluding hydrogens is 372 g/mol. The van der Waals surface area contributed by atoms with Crippen molar-refractivity contribution in [1.82, 2.24) is 10.2 Å². The summed E-state index contributed by atoms with van der Waals surface area (Å²) >= 11 is 6.33. The van der Waals surface area contributed by atoms with Crippen LogP contribution in [0.2, 0.25) is 5.02 Å². The molecule has 2 aromatic rings. The van der Waals surface area contributed by atoms with E-state index in [2.05, 4.69) is 5.32 Å². The van der Waals surface area contributed by atoms with Crippen molar-refractivity contribution in [2.75, 3.05) is 6.54 Å². The van der Waals surface area contributed by atoms with E-state index in [0.717, 1.165) is 23.1 Å². The smallest absolute Gasteiger partial charge is 0.242 e. The Bertz CT molecular complexity index is 807. The highest BCUT2D eigenvalue weighted by atomic mass is 35.5. The van der Waals surface area contributed by atoms with Crippen LogP contribution in [0.1, 0.15) is 43.4 Å². The summed E-state index contributed by atoms with van der Waals surface area (Å²) in [5.41, 5.74) is 2.88. The molecule has 0 radical (unpaired) electrons. The third-order valence-electron chi connectivity index (χ3n) is 4.84. The zero-order valence-corrected chi connectivity index (χ0v) is 17.6. The molecule has 0 fully saturated rings. The second-order valence-electron chi connectivity index (χ2n) is 6.93. The summed E-state index contributed by atoms with van der Waals surface area (Å²) in [6.45, 7) is 6.83. The molecule has 150 valence electrons. The van der Waals surface area contributed by atoms with Crippen molar-refractivity contribution in [3.8, 4) is 0 Å². The number of hydrogen-bond acceptors (Lipinski definition) is 2. The third-order valence-corrected chi connectivity index (χ3v) is 5.21. The molecule has 0 heterocycles. The van der Waals surface area contributed by atoms with Gasteiger partial charge in [-0.3, -0.25) is 9.59 Å². The zero-order chi connectivity index (χ0) is 20.5. The molecule has 0 aliphatic heterocycles. The number of hydrogen-bond donors (Lipinski definition) is 1. The molecule has 2 aromatic carbocycles. The van der Waals surface area contributed by atoms with E-state index in [4.69, 9.17) is 11.6 Å². The Morgan fingerprint density at radius 1 is 1.04 bits per heavy atom. The van der Waals surface area contributed by atoms with Crippen LogP contribution < -0.4 is 5.32 Å². The quantitative estimate of drug-likeness (QED) is 0.672. The minimum Gasteiger partial charge on any atom is -0.354 e. The number of rotatable bonds is 9. The standard InChI is InChI=1S/C23H29ClN2O2/c1-4-14-25-23(28)21(5-2)26(16-19-12-8-9-13-20(19)24)22(27)15-18-11-7-6-10-17(18)3/h6-13,21H,4-5,14-16H2,1-3H3,(H,25,28). The fraction of sp³-hybridized carbons (Fsp3) is 0.391. The zero-order valence-electron chi connectivity index (χ0n) is 16.9. The number of nitrogens with one attached hydrogen (secondary N) is 1. The molecule has 0 aliphatic carbocycles. The second-order valence-corrected chi connectivity index (χ2v) is 7.34. The van der Waals surface area contributed by atoms with Gasteiger partial charge in [0.25, 0.3) is 0 Å². The summed E-state index contributed by atoms with van der Waals surface area (Å²) in [4.78, 5) is 27.7. The molecule has 0 bridgehead atoms. The van der Waals surface area contributed by atoms with Crippen LogP contribution in [-0.2, 0) is 22.6 Å². The summed E-state index contributed by atoms with van der Waals surface area (Å²) in [7, 11) is 0. The Hall–Kier alpha value is -2.33. The highest BCUT2D eigenvalue weighted by Crippen LogP contribution is 2.21. The molecule has 0 saturated carbocycles. The highest BCUT2D eigenvalue weighted by Gasteiger charge is 2.29. The Morgan fingerprint density at radius 3 is 2.29 bits per heavy atom. The van der Waals surface area contributed by atoms with Crippen molar-refractivity contribution in [3.05, 3.63) is 70.2 Å². The number of carbonyl (C=O) groups is 2. The number of amides is 2. The minimum atomic E-state index is -0.528. The second kappa shape index (κ2) is 10.9. The number of benzene rings is 2. The largest absolute Gasteiger partial charge is 0.354 e. The summed E-state index contributed by atoms with van der Waals surface area (Å²) in [5, 5.41) is 3.53. The van der Waals surface area contributed by atoms with Gasteiger partial charge >= 0.3 is 0 Å². The molecule has 2 amide bonds. The molecule has 5 heteroatoms. The van der Waals surface area contributed by atoms with Gasteiger partial charge in [0.1, 0.15) is 6.04 Å². The summed E-state index contributed by atoms with van der Waals surface area (Å²) in [6, 6.07) is 14.8. The average Bonchev–Trinajstić information content (AvgIpc) is 2.69. The van der Waals surface area contributed by atoms with Gasteiger partial charge in [0.05, 0.1) is 6.42 Å². The third kappa shape index (κ3) is 5.83. The van der Waals surface area contributed by atoms with Gasteiger partial charge in [0, 0.05) is 18.1 Å². The Morgan fingerprint density at radius 2 is 1.68 bits per heavy atom. The van der Waals surface area contributed by atoms with Crippen LogP contribution in [0.4, 0.5) is 0 Å². The molecule has 0 spiro atoms. The number of carbonyl (C=O) groups excluding carboxylic acids is 2. The molecule has 1 atom stereocenters. The van der Waals surface area contributed by atoms with Crippen molar-refractivity contribution in [2.24, 2.45) is 0 Å². The van der Waals surface area contributed by atoms with E-state index in [1.807, 2.05) is 63.2 Å². The van der Waals surface area contributed by atoms with Crippen LogP contribution in [0.5, 0.6) is 0 Å². The predicted octanol–water partition coefficient (Wildman–Crippen LogP) is 4.52. The van der Waals surface area contributed by atoms with E-state index in [-0.39, 0.29) is 18.2 Å². The van der Waals surface area contributed by atoms with Gasteiger partial charge in [-0.25, -0.2) is 0 Å². The van der Waals surface area contributed by atoms with Gasteiger partial charge in [-0.15, -0.1) is 0 Å². The predicted molar refractivity (Wildman–Crippen MR) is 114 cm³/mol. The van der Waals surface area contributed by atoms with E-state index in [1.165, 1.54) is 0 Å². The summed E-state index contributed by atoms with van der Waals surface area (Å²) in [6.07, 6.45) is 1.65. The number of nitrogens with zero attached hydrogens (tertiary/aromatic N) is 1. The fourth-order valence-corrected chi connectivity index (χ4v) is 3.36. The van der Waals surface area contributed by atoms with E-state index < -0.39 is 6.04 Å². The van der Waals surface area contributed by atoms with E-state index in [9.17, 15) is 9.59 Å². The lowest BCUT2D eigenvalue weighted by Crippen LogP contribution is -2.49. The van der Waals surface area contributed by atoms with Gasteiger partial charge in [-0.05, 0) is 42.5 Å². The lowest BCUT2D eigenvalue weighted by atomic mass is 10.0. The van der Waals surface area contributed by atoms with Crippen molar-refractivity contribution in [3.63, 3.8) is 0 Å². The van der Waals surface area contributed by atoms with Crippen LogP contribution in [0.15, 0.2) is 48.5 Å². The summed E-state index contributed by atoms with van der Waals surface area (Å²) in [5.74, 6) is -0.192. The Labute approximate surface area is 172 Å². The SMILES string of the molecule is CCCNC(=O)C(CC)N(Cc1ccccc1Cl)C(=O)Cc1ccccc1C. The molecule has 28 heavy (non-hydrogen) atoms. The molecule has 1 N–H and O–H groups in total. The first-order valence-corrected chi connectivity index (χ1v) is 10.2. The van der Waals surface area contributed by atoms with Crippen molar-refractivity contribution in [2.45, 2.75) is 52.6 Å². The minimum absolute atomic E-state index is 0.0762. The monoisotopic (exact) mass is 400 g/mol. The van der Waals surface area contributed by atoms with Gasteiger partial charge in [-0.1, -0.05) is 67.9 Å². The Kier molecular flexibility index (Phi) is 8.52. The molecule has 0 aromatic heterocycles. The maximum Gasteiger partial charge on any atom is 0.242 e. The van der Waals surface area contributed by atoms with Gasteiger partial charge in [-0.2, -0.15) is 0 Å². The van der Waals surface area contributed by atoms with Crippen LogP contribution in [0.3, 0.4) is 0 Å². The maximum atomic E-state index is 13.3. The fourth-order valence-electron chi connectivity index (χ4n) is 3.17. The van der Waals surface area contributed by atoms with Crippen LogP contribution in [-0.4, -0.2) is 29.3 Å². The summed E-state index contributed by atoms with van der Waals surface area (Å²) < 4.78 is 0. The lowest BCUT2D eigenvalue weighted by Gasteiger charge is -2.31. The maximum absolute atomic E-state index is 13.3. The molecule has 4 nitrogen and oxygen atoms in total. The molecular formula is C23H29ClN2O2. The molecule has 0 aliphatic rings. The first-order chi connectivity index (χ1) is 13.5. The van der Waals surface area contributed by atoms with E-state index >= 15 is 0 Å². The topological polar surface area (TPSA) is 49.4 Å². The van der Waals surface area contributed by atoms with Gasteiger partial charge in [0.15, 0.2) is 0 Å². The van der Waals surface area contributed by atoms with Crippen LogP contribution in [0, 0.1) is 6.92 Å². The van der Waals surface area contributed by atoms with Crippen molar-refractivity contribution < 1.29 is 9.59 Å². The molecule has 0 saturated heterocycles. The number of halogens is 1. The van der Waals surface area contributed by atoms with Crippen LogP contribution in [0.25, 0.3) is 0 Å². The van der Waals surface area contributed by atoms with Gasteiger partial charge in [0.2, 0.25) is 11.8 Å². The first-order valence-electron chi connectivity index (χ1n) is 9.83. The van der Waals surface area contributed by atoms with Gasteiger partial charge < -0.3 is 10.2 Å². The highest BCUT2D eigenvalue weighted by molar-refractivity contribution is 6.31. The first kappa shape index (κ1) is 22.0. The molecule has 2 rings (SSSR count). The normalized spacial score (nSPS) is 11.7. The van der Waals surface area contributed by atoms with E-state index in [1.54, 1.807) is 11.0 Å². The Balaban J connectivity index is 2.31. The van der Waals surface area contributed by atoms with Crippen molar-refractivity contribution >= 4 is 23.4 Å². The number of aryl methyl sites for hydroxylation is 1. The van der Waals surface area contributed by atoms with E-state index in [0.29, 0.717) is 24.5 Å². The van der Waals surface area contributed by atoms with Crippen LogP contribution >= 0.6 is 11.6 Å². The lowest BCUT2D eigenvalue weighted by molar-refractivity contribution is -0.140. The molecule has 1 unspecified atom stereocenters. The average molecular weight is 401 g/mol. The van der Waals surface area contributed by atoms with Crippen molar-refractivity contribution in [1.29, 1.82) is 0 Å².